The molecule has 0 spiro atoms. The third kappa shape index (κ3) is 2.13. The normalized spacial score (nSPS) is 20.4. The molecule has 0 amide bonds. The van der Waals surface area contributed by atoms with E-state index in [1.807, 2.05) is 6.07 Å². The van der Waals surface area contributed by atoms with E-state index in [1.165, 1.54) is 0 Å². The molecule has 1 fully saturated rings. The number of hydrogen-bond acceptors (Lipinski definition) is 4. The second kappa shape index (κ2) is 4.72. The maximum Gasteiger partial charge on any atom is 0.120 e. The highest BCUT2D eigenvalue weighted by Crippen LogP contribution is 2.31. The van der Waals surface area contributed by atoms with Crippen LogP contribution >= 0.6 is 0 Å². The van der Waals surface area contributed by atoms with Gasteiger partial charge in [-0.25, -0.2) is 0 Å². The fourth-order valence-electron chi connectivity index (χ4n) is 2.19. The summed E-state index contributed by atoms with van der Waals surface area (Å²) < 4.78 is 0. The molecule has 1 saturated heterocycles. The zero-order valence-electron chi connectivity index (χ0n) is 9.13. The summed E-state index contributed by atoms with van der Waals surface area (Å²) in [6.45, 7) is 1.41. The van der Waals surface area contributed by atoms with Gasteiger partial charge in [0.25, 0.3) is 0 Å². The van der Waals surface area contributed by atoms with Gasteiger partial charge >= 0.3 is 0 Å². The molecule has 1 heterocycles. The van der Waals surface area contributed by atoms with Crippen LogP contribution in [0.4, 0.5) is 5.69 Å². The number of benzene rings is 1. The minimum Gasteiger partial charge on any atom is -0.508 e. The number of β-amino-alcohol motifs (C(OH)–C–C–N with tert-alkyl or cyclic N) is 1. The van der Waals surface area contributed by atoms with E-state index in [-0.39, 0.29) is 18.5 Å². The summed E-state index contributed by atoms with van der Waals surface area (Å²) in [6.07, 6.45) is 0.910. The zero-order chi connectivity index (χ0) is 11.5. The van der Waals surface area contributed by atoms with E-state index in [1.54, 1.807) is 12.1 Å². The topological polar surface area (TPSA) is 63.9 Å². The molecule has 1 aromatic rings. The Morgan fingerprint density at radius 2 is 2.19 bits per heavy atom. The van der Waals surface area contributed by atoms with Gasteiger partial charge < -0.3 is 20.2 Å². The smallest absolute Gasteiger partial charge is 0.120 e. The number of aromatic hydroxyl groups is 1. The number of anilines is 1. The average molecular weight is 223 g/mol. The number of rotatable bonds is 3. The van der Waals surface area contributed by atoms with Gasteiger partial charge in [-0.2, -0.15) is 0 Å². The van der Waals surface area contributed by atoms with Gasteiger partial charge in [-0.1, -0.05) is 6.07 Å². The van der Waals surface area contributed by atoms with Crippen LogP contribution in [0.1, 0.15) is 12.0 Å². The molecule has 16 heavy (non-hydrogen) atoms. The number of nitrogens with zero attached hydrogens (tertiary/aromatic N) is 1. The molecule has 1 aliphatic heterocycles. The largest absolute Gasteiger partial charge is 0.508 e. The molecule has 0 aromatic heterocycles. The van der Waals surface area contributed by atoms with Crippen molar-refractivity contribution in [1.82, 2.24) is 0 Å². The molecule has 0 saturated carbocycles. The number of aliphatic hydroxyl groups is 2. The van der Waals surface area contributed by atoms with Gasteiger partial charge in [0.05, 0.1) is 6.10 Å². The van der Waals surface area contributed by atoms with Crippen LogP contribution in [0.15, 0.2) is 18.2 Å². The molecule has 88 valence electrons. The molecular weight excluding hydrogens is 206 g/mol. The number of phenolic OH excluding ortho intramolecular Hbond substituents is 1. The van der Waals surface area contributed by atoms with E-state index in [0.717, 1.165) is 24.2 Å². The average Bonchev–Trinajstić information content (AvgIpc) is 2.68. The van der Waals surface area contributed by atoms with Gasteiger partial charge in [0, 0.05) is 37.4 Å². The molecule has 1 unspecified atom stereocenters. The lowest BCUT2D eigenvalue weighted by Crippen LogP contribution is -2.22. The first-order chi connectivity index (χ1) is 7.72. The summed E-state index contributed by atoms with van der Waals surface area (Å²) in [5.41, 5.74) is 1.68. The first-order valence-corrected chi connectivity index (χ1v) is 5.57. The molecule has 1 atom stereocenters. The van der Waals surface area contributed by atoms with E-state index in [4.69, 9.17) is 5.11 Å². The molecule has 4 heteroatoms. The Morgan fingerprint density at radius 3 is 2.81 bits per heavy atom. The van der Waals surface area contributed by atoms with Crippen LogP contribution < -0.4 is 4.90 Å². The Hall–Kier alpha value is -1.26. The van der Waals surface area contributed by atoms with Crippen LogP contribution in [0.25, 0.3) is 0 Å². The number of aliphatic hydroxyl groups excluding tert-OH is 2. The quantitative estimate of drug-likeness (QED) is 0.698. The molecular formula is C12H17NO3. The van der Waals surface area contributed by atoms with E-state index in [0.29, 0.717) is 13.0 Å². The third-order valence-corrected chi connectivity index (χ3v) is 2.99. The standard InChI is InChI=1S/C12H17NO3/c14-7-5-10-11(2-1-3-12(10)16)13-6-4-9(15)8-13/h1-3,9,14-16H,4-8H2. The molecule has 2 rings (SSSR count). The minimum absolute atomic E-state index is 0.0148. The lowest BCUT2D eigenvalue weighted by atomic mass is 10.1. The molecule has 1 aliphatic rings. The van der Waals surface area contributed by atoms with Crippen molar-refractivity contribution < 1.29 is 15.3 Å². The summed E-state index contributed by atoms with van der Waals surface area (Å²) in [7, 11) is 0. The lowest BCUT2D eigenvalue weighted by Gasteiger charge is -2.21. The van der Waals surface area contributed by atoms with E-state index < -0.39 is 0 Å². The third-order valence-electron chi connectivity index (χ3n) is 2.99. The maximum absolute atomic E-state index is 9.75. The fourth-order valence-corrected chi connectivity index (χ4v) is 2.19. The van der Waals surface area contributed by atoms with Crippen molar-refractivity contribution in [3.63, 3.8) is 0 Å². The van der Waals surface area contributed by atoms with Crippen LogP contribution in [0.3, 0.4) is 0 Å². The maximum atomic E-state index is 9.75. The number of phenols is 1. The van der Waals surface area contributed by atoms with Crippen molar-refractivity contribution >= 4 is 5.69 Å². The second-order valence-corrected chi connectivity index (χ2v) is 4.14. The van der Waals surface area contributed by atoms with Crippen molar-refractivity contribution in [3.05, 3.63) is 23.8 Å². The molecule has 3 N–H and O–H groups in total. The SMILES string of the molecule is OCCc1c(O)cccc1N1CCC(O)C1. The summed E-state index contributed by atoms with van der Waals surface area (Å²) in [6, 6.07) is 5.33. The molecule has 0 bridgehead atoms. The van der Waals surface area contributed by atoms with Gasteiger partial charge in [0.2, 0.25) is 0 Å². The summed E-state index contributed by atoms with van der Waals surface area (Å²) >= 11 is 0. The highest BCUT2D eigenvalue weighted by molar-refractivity contribution is 5.59. The second-order valence-electron chi connectivity index (χ2n) is 4.14. The van der Waals surface area contributed by atoms with E-state index >= 15 is 0 Å². The summed E-state index contributed by atoms with van der Waals surface area (Å²) in [4.78, 5) is 2.05. The Bertz CT molecular complexity index is 367. The van der Waals surface area contributed by atoms with E-state index in [2.05, 4.69) is 4.90 Å². The first kappa shape index (κ1) is 11.2. The van der Waals surface area contributed by atoms with Crippen molar-refractivity contribution in [3.8, 4) is 5.75 Å². The van der Waals surface area contributed by atoms with E-state index in [9.17, 15) is 10.2 Å². The molecule has 4 nitrogen and oxygen atoms in total. The highest BCUT2D eigenvalue weighted by Gasteiger charge is 2.23. The van der Waals surface area contributed by atoms with Crippen LogP contribution in [0, 0.1) is 0 Å². The molecule has 0 radical (unpaired) electrons. The molecule has 1 aromatic carbocycles. The Morgan fingerprint density at radius 1 is 1.38 bits per heavy atom. The van der Waals surface area contributed by atoms with Crippen molar-refractivity contribution in [1.29, 1.82) is 0 Å². The highest BCUT2D eigenvalue weighted by atomic mass is 16.3. The summed E-state index contributed by atoms with van der Waals surface area (Å²) in [5, 5.41) is 28.2. The monoisotopic (exact) mass is 223 g/mol. The van der Waals surface area contributed by atoms with Crippen LogP contribution in [0.2, 0.25) is 0 Å². The first-order valence-electron chi connectivity index (χ1n) is 5.57. The fraction of sp³-hybridized carbons (Fsp3) is 0.500. The van der Waals surface area contributed by atoms with Crippen LogP contribution in [-0.2, 0) is 6.42 Å². The Balaban J connectivity index is 2.28. The van der Waals surface area contributed by atoms with Crippen LogP contribution in [0.5, 0.6) is 5.75 Å². The molecule has 0 aliphatic carbocycles. The van der Waals surface area contributed by atoms with Gasteiger partial charge in [-0.05, 0) is 18.6 Å². The van der Waals surface area contributed by atoms with Crippen molar-refractivity contribution in [2.45, 2.75) is 18.9 Å². The zero-order valence-corrected chi connectivity index (χ0v) is 9.13. The van der Waals surface area contributed by atoms with Gasteiger partial charge in [0.15, 0.2) is 0 Å². The predicted molar refractivity (Wildman–Crippen MR) is 61.7 cm³/mol. The van der Waals surface area contributed by atoms with Gasteiger partial charge in [-0.15, -0.1) is 0 Å². The predicted octanol–water partition coefficient (Wildman–Crippen LogP) is 0.498. The lowest BCUT2D eigenvalue weighted by molar-refractivity contribution is 0.198. The van der Waals surface area contributed by atoms with Crippen molar-refractivity contribution in [2.75, 3.05) is 24.6 Å². The van der Waals surface area contributed by atoms with Gasteiger partial charge in [0.1, 0.15) is 5.75 Å². The van der Waals surface area contributed by atoms with Crippen molar-refractivity contribution in [2.24, 2.45) is 0 Å². The van der Waals surface area contributed by atoms with Gasteiger partial charge in [-0.3, -0.25) is 0 Å². The Labute approximate surface area is 94.8 Å². The Kier molecular flexibility index (Phi) is 3.31. The summed E-state index contributed by atoms with van der Waals surface area (Å²) in [5.74, 6) is 0.216. The number of hydrogen-bond donors (Lipinski definition) is 3. The van der Waals surface area contributed by atoms with Crippen LogP contribution in [-0.4, -0.2) is 41.1 Å². The minimum atomic E-state index is -0.288.